The Morgan fingerprint density at radius 3 is 2.36 bits per heavy atom. The van der Waals surface area contributed by atoms with Crippen LogP contribution in [0.2, 0.25) is 0 Å². The predicted octanol–water partition coefficient (Wildman–Crippen LogP) is 1.86. The van der Waals surface area contributed by atoms with Crippen LogP contribution in [0.4, 0.5) is 9.59 Å². The van der Waals surface area contributed by atoms with E-state index in [0.29, 0.717) is 0 Å². The molecule has 5 amide bonds. The standard InChI is InChI=1S/C18H26N4O3/c1-12-6-8-13(9-7-12)18(5)14(23)22(16(25)21-18)11-10-19-15(24)20-17(2,3)4/h6-9H,10-11H2,1-5H3,(H,21,25)(H2,19,20,24)/t18-/m1/s1. The van der Waals surface area contributed by atoms with Crippen molar-refractivity contribution >= 4 is 18.0 Å². The molecule has 1 aromatic carbocycles. The summed E-state index contributed by atoms with van der Waals surface area (Å²) >= 11 is 0. The van der Waals surface area contributed by atoms with Crippen LogP contribution in [-0.4, -0.2) is 41.5 Å². The fourth-order valence-corrected chi connectivity index (χ4v) is 2.65. The number of rotatable bonds is 4. The molecule has 1 aliphatic rings. The van der Waals surface area contributed by atoms with Gasteiger partial charge in [-0.1, -0.05) is 29.8 Å². The van der Waals surface area contributed by atoms with E-state index in [-0.39, 0.29) is 30.6 Å². The van der Waals surface area contributed by atoms with Crippen LogP contribution in [0.1, 0.15) is 38.8 Å². The molecule has 7 heteroatoms. The summed E-state index contributed by atoms with van der Waals surface area (Å²) in [7, 11) is 0. The van der Waals surface area contributed by atoms with E-state index >= 15 is 0 Å². The van der Waals surface area contributed by atoms with Crippen LogP contribution in [0.25, 0.3) is 0 Å². The van der Waals surface area contributed by atoms with E-state index in [9.17, 15) is 14.4 Å². The summed E-state index contributed by atoms with van der Waals surface area (Å²) in [5.41, 5.74) is 0.375. The lowest BCUT2D eigenvalue weighted by Gasteiger charge is -2.23. The molecule has 0 saturated carbocycles. The zero-order valence-electron chi connectivity index (χ0n) is 15.4. The van der Waals surface area contributed by atoms with E-state index < -0.39 is 11.6 Å². The number of carbonyl (C=O) groups is 3. The van der Waals surface area contributed by atoms with Crippen molar-refractivity contribution in [2.24, 2.45) is 0 Å². The average Bonchev–Trinajstić information content (AvgIpc) is 2.70. The van der Waals surface area contributed by atoms with Gasteiger partial charge in [-0.2, -0.15) is 0 Å². The minimum absolute atomic E-state index is 0.115. The third kappa shape index (κ3) is 4.29. The van der Waals surface area contributed by atoms with Gasteiger partial charge in [-0.3, -0.25) is 9.69 Å². The highest BCUT2D eigenvalue weighted by atomic mass is 16.2. The number of hydrogen-bond acceptors (Lipinski definition) is 3. The fraction of sp³-hybridized carbons (Fsp3) is 0.500. The van der Waals surface area contributed by atoms with Gasteiger partial charge >= 0.3 is 12.1 Å². The topological polar surface area (TPSA) is 90.5 Å². The molecule has 0 spiro atoms. The number of imide groups is 1. The van der Waals surface area contributed by atoms with E-state index in [1.165, 1.54) is 0 Å². The maximum Gasteiger partial charge on any atom is 0.325 e. The van der Waals surface area contributed by atoms with E-state index in [1.807, 2.05) is 52.0 Å². The Bertz CT molecular complexity index is 679. The van der Waals surface area contributed by atoms with E-state index in [1.54, 1.807) is 6.92 Å². The summed E-state index contributed by atoms with van der Waals surface area (Å²) in [6.07, 6.45) is 0. The second kappa shape index (κ2) is 6.74. The first-order chi connectivity index (χ1) is 11.5. The number of urea groups is 2. The van der Waals surface area contributed by atoms with Crippen molar-refractivity contribution in [3.8, 4) is 0 Å². The third-order valence-electron chi connectivity index (χ3n) is 4.01. The first-order valence-electron chi connectivity index (χ1n) is 8.30. The molecule has 7 nitrogen and oxygen atoms in total. The van der Waals surface area contributed by atoms with Crippen molar-refractivity contribution in [3.05, 3.63) is 35.4 Å². The first-order valence-corrected chi connectivity index (χ1v) is 8.30. The average molecular weight is 346 g/mol. The van der Waals surface area contributed by atoms with Crippen LogP contribution < -0.4 is 16.0 Å². The summed E-state index contributed by atoms with van der Waals surface area (Å²) in [4.78, 5) is 37.8. The van der Waals surface area contributed by atoms with Gasteiger partial charge in [0.15, 0.2) is 0 Å². The second-order valence-electron chi connectivity index (χ2n) is 7.51. The number of carbonyl (C=O) groups excluding carboxylic acids is 3. The van der Waals surface area contributed by atoms with Gasteiger partial charge in [0.2, 0.25) is 0 Å². The molecule has 1 aliphatic heterocycles. The summed E-state index contributed by atoms with van der Waals surface area (Å²) in [5, 5.41) is 8.17. The van der Waals surface area contributed by atoms with Crippen molar-refractivity contribution in [3.63, 3.8) is 0 Å². The smallest absolute Gasteiger partial charge is 0.325 e. The second-order valence-corrected chi connectivity index (χ2v) is 7.51. The molecule has 136 valence electrons. The first kappa shape index (κ1) is 18.8. The maximum absolute atomic E-state index is 12.7. The van der Waals surface area contributed by atoms with Gasteiger partial charge in [0, 0.05) is 18.6 Å². The molecule has 0 bridgehead atoms. The summed E-state index contributed by atoms with van der Waals surface area (Å²) in [6.45, 7) is 9.57. The Labute approximate surface area is 148 Å². The molecule has 3 N–H and O–H groups in total. The predicted molar refractivity (Wildman–Crippen MR) is 95.1 cm³/mol. The van der Waals surface area contributed by atoms with Crippen molar-refractivity contribution in [1.29, 1.82) is 0 Å². The molecule has 0 unspecified atom stereocenters. The Hall–Kier alpha value is -2.57. The molecule has 0 aliphatic carbocycles. The zero-order chi connectivity index (χ0) is 18.8. The molecule has 0 radical (unpaired) electrons. The zero-order valence-corrected chi connectivity index (χ0v) is 15.4. The molecule has 0 aromatic heterocycles. The molecule has 2 rings (SSSR count). The van der Waals surface area contributed by atoms with Gasteiger partial charge in [-0.15, -0.1) is 0 Å². The van der Waals surface area contributed by atoms with Gasteiger partial charge in [0.1, 0.15) is 5.54 Å². The van der Waals surface area contributed by atoms with Crippen LogP contribution in [0.15, 0.2) is 24.3 Å². The monoisotopic (exact) mass is 346 g/mol. The number of nitrogens with zero attached hydrogens (tertiary/aromatic N) is 1. The summed E-state index contributed by atoms with van der Waals surface area (Å²) in [5.74, 6) is -0.320. The van der Waals surface area contributed by atoms with Crippen molar-refractivity contribution < 1.29 is 14.4 Å². The number of hydrogen-bond donors (Lipinski definition) is 3. The quantitative estimate of drug-likeness (QED) is 0.727. The lowest BCUT2D eigenvalue weighted by Crippen LogP contribution is -2.48. The fourth-order valence-electron chi connectivity index (χ4n) is 2.65. The number of benzene rings is 1. The maximum atomic E-state index is 12.7. The highest BCUT2D eigenvalue weighted by Gasteiger charge is 2.48. The summed E-state index contributed by atoms with van der Waals surface area (Å²) < 4.78 is 0. The van der Waals surface area contributed by atoms with Crippen LogP contribution in [-0.2, 0) is 10.3 Å². The molecule has 1 atom stereocenters. The highest BCUT2D eigenvalue weighted by molar-refractivity contribution is 6.07. The SMILES string of the molecule is Cc1ccc([C@@]2(C)NC(=O)N(CCNC(=O)NC(C)(C)C)C2=O)cc1. The van der Waals surface area contributed by atoms with Gasteiger partial charge in [-0.05, 0) is 40.2 Å². The van der Waals surface area contributed by atoms with E-state index in [2.05, 4.69) is 16.0 Å². The van der Waals surface area contributed by atoms with Crippen LogP contribution in [0, 0.1) is 6.92 Å². The van der Waals surface area contributed by atoms with Crippen LogP contribution in [0.3, 0.4) is 0 Å². The highest BCUT2D eigenvalue weighted by Crippen LogP contribution is 2.28. The van der Waals surface area contributed by atoms with Gasteiger partial charge in [-0.25, -0.2) is 9.59 Å². The lowest BCUT2D eigenvalue weighted by atomic mass is 9.91. The lowest BCUT2D eigenvalue weighted by molar-refractivity contribution is -0.131. The molecule has 25 heavy (non-hydrogen) atoms. The minimum atomic E-state index is -1.08. The molecule has 1 heterocycles. The Morgan fingerprint density at radius 2 is 1.80 bits per heavy atom. The normalized spacial score (nSPS) is 20.4. The van der Waals surface area contributed by atoms with Crippen molar-refractivity contribution in [2.45, 2.75) is 45.7 Å². The van der Waals surface area contributed by atoms with Crippen molar-refractivity contribution in [1.82, 2.24) is 20.9 Å². The third-order valence-corrected chi connectivity index (χ3v) is 4.01. The van der Waals surface area contributed by atoms with Crippen LogP contribution in [0.5, 0.6) is 0 Å². The van der Waals surface area contributed by atoms with Crippen molar-refractivity contribution in [2.75, 3.05) is 13.1 Å². The number of amides is 5. The Balaban J connectivity index is 1.99. The van der Waals surface area contributed by atoms with E-state index in [4.69, 9.17) is 0 Å². The molecule has 1 saturated heterocycles. The summed E-state index contributed by atoms with van der Waals surface area (Å²) in [6, 6.07) is 6.70. The molecular formula is C18H26N4O3. The van der Waals surface area contributed by atoms with E-state index in [0.717, 1.165) is 16.0 Å². The Morgan fingerprint density at radius 1 is 1.20 bits per heavy atom. The van der Waals surface area contributed by atoms with Gasteiger partial charge in [0.05, 0.1) is 0 Å². The van der Waals surface area contributed by atoms with Gasteiger partial charge in [0.25, 0.3) is 5.91 Å². The molecule has 1 aromatic rings. The molecule has 1 fully saturated rings. The van der Waals surface area contributed by atoms with Crippen LogP contribution >= 0.6 is 0 Å². The minimum Gasteiger partial charge on any atom is -0.336 e. The number of aryl methyl sites for hydroxylation is 1. The Kier molecular flexibility index (Phi) is 5.06. The molecular weight excluding hydrogens is 320 g/mol. The largest absolute Gasteiger partial charge is 0.336 e. The number of nitrogens with one attached hydrogen (secondary N) is 3. The van der Waals surface area contributed by atoms with Gasteiger partial charge < -0.3 is 16.0 Å².